The van der Waals surface area contributed by atoms with Gasteiger partial charge in [-0.1, -0.05) is 30.3 Å². The van der Waals surface area contributed by atoms with Gasteiger partial charge in [0.2, 0.25) is 0 Å². The molecule has 3 aromatic rings. The smallest absolute Gasteiger partial charge is 0.275 e. The first-order valence-corrected chi connectivity index (χ1v) is 8.48. The van der Waals surface area contributed by atoms with Crippen LogP contribution in [0.1, 0.15) is 32.7 Å². The molecule has 0 bridgehead atoms. The van der Waals surface area contributed by atoms with E-state index in [2.05, 4.69) is 40.5 Å². The highest BCUT2D eigenvalue weighted by atomic mass is 16.1. The van der Waals surface area contributed by atoms with Crippen LogP contribution in [0.15, 0.2) is 48.8 Å². The number of aryl methyl sites for hydroxylation is 3. The zero-order chi connectivity index (χ0) is 18.7. The van der Waals surface area contributed by atoms with Crippen molar-refractivity contribution in [3.05, 3.63) is 76.7 Å². The first-order valence-electron chi connectivity index (χ1n) is 8.48. The fourth-order valence-electron chi connectivity index (χ4n) is 2.72. The second-order valence-electron chi connectivity index (χ2n) is 6.38. The summed E-state index contributed by atoms with van der Waals surface area (Å²) in [6, 6.07) is 11.9. The van der Waals surface area contributed by atoms with E-state index >= 15 is 0 Å². The molecular formula is C21H22N4O. The van der Waals surface area contributed by atoms with E-state index in [1.807, 2.05) is 44.2 Å². The van der Waals surface area contributed by atoms with Gasteiger partial charge in [0, 0.05) is 11.4 Å². The Morgan fingerprint density at radius 2 is 1.50 bits per heavy atom. The van der Waals surface area contributed by atoms with E-state index in [1.54, 1.807) is 6.20 Å². The van der Waals surface area contributed by atoms with Gasteiger partial charge in [0.1, 0.15) is 11.5 Å². The summed E-state index contributed by atoms with van der Waals surface area (Å²) in [7, 11) is 0. The summed E-state index contributed by atoms with van der Waals surface area (Å²) in [6.45, 7) is 8.04. The molecule has 1 heterocycles. The van der Waals surface area contributed by atoms with Crippen LogP contribution in [0.4, 0.5) is 17.2 Å². The lowest BCUT2D eigenvalue weighted by molar-refractivity contribution is 0.102. The lowest BCUT2D eigenvalue weighted by Crippen LogP contribution is -2.15. The zero-order valence-electron chi connectivity index (χ0n) is 15.4. The molecule has 0 atom stereocenters. The number of nitrogens with one attached hydrogen (secondary N) is 2. The van der Waals surface area contributed by atoms with Crippen LogP contribution in [0.25, 0.3) is 0 Å². The SMILES string of the molecule is Cc1cccc(Nc2cnc(C(=O)Nc3c(C)cccc3C)cn2)c1C. The summed E-state index contributed by atoms with van der Waals surface area (Å²) in [5.41, 5.74) is 6.46. The van der Waals surface area contributed by atoms with E-state index in [0.717, 1.165) is 28.1 Å². The average Bonchev–Trinajstić information content (AvgIpc) is 2.63. The van der Waals surface area contributed by atoms with E-state index < -0.39 is 0 Å². The molecule has 0 saturated heterocycles. The Bertz CT molecular complexity index is 928. The van der Waals surface area contributed by atoms with Gasteiger partial charge in [-0.3, -0.25) is 4.79 Å². The van der Waals surface area contributed by atoms with Crippen LogP contribution in [0, 0.1) is 27.7 Å². The van der Waals surface area contributed by atoms with Crippen molar-refractivity contribution in [2.24, 2.45) is 0 Å². The molecule has 0 aliphatic heterocycles. The number of amides is 1. The largest absolute Gasteiger partial charge is 0.339 e. The van der Waals surface area contributed by atoms with Crippen LogP contribution >= 0.6 is 0 Å². The van der Waals surface area contributed by atoms with Crippen molar-refractivity contribution in [3.63, 3.8) is 0 Å². The minimum Gasteiger partial charge on any atom is -0.339 e. The lowest BCUT2D eigenvalue weighted by atomic mass is 10.1. The van der Waals surface area contributed by atoms with Gasteiger partial charge >= 0.3 is 0 Å². The third-order valence-electron chi connectivity index (χ3n) is 4.47. The number of para-hydroxylation sites is 1. The van der Waals surface area contributed by atoms with Gasteiger partial charge < -0.3 is 10.6 Å². The molecule has 2 N–H and O–H groups in total. The maximum atomic E-state index is 12.5. The van der Waals surface area contributed by atoms with E-state index in [9.17, 15) is 4.79 Å². The monoisotopic (exact) mass is 346 g/mol. The molecule has 1 amide bonds. The summed E-state index contributed by atoms with van der Waals surface area (Å²) in [4.78, 5) is 21.0. The first-order chi connectivity index (χ1) is 12.5. The Morgan fingerprint density at radius 1 is 0.846 bits per heavy atom. The van der Waals surface area contributed by atoms with Crippen molar-refractivity contribution in [1.29, 1.82) is 0 Å². The Hall–Kier alpha value is -3.21. The molecule has 132 valence electrons. The van der Waals surface area contributed by atoms with Crippen LogP contribution < -0.4 is 10.6 Å². The van der Waals surface area contributed by atoms with Gasteiger partial charge in [-0.15, -0.1) is 0 Å². The predicted octanol–water partition coefficient (Wildman–Crippen LogP) is 4.71. The molecule has 5 heteroatoms. The normalized spacial score (nSPS) is 10.5. The molecule has 0 aliphatic carbocycles. The number of nitrogens with zero attached hydrogens (tertiary/aromatic N) is 2. The Balaban J connectivity index is 1.75. The van der Waals surface area contributed by atoms with Crippen molar-refractivity contribution in [2.45, 2.75) is 27.7 Å². The number of carbonyl (C=O) groups is 1. The molecule has 2 aromatic carbocycles. The van der Waals surface area contributed by atoms with Crippen molar-refractivity contribution in [2.75, 3.05) is 10.6 Å². The molecule has 0 fully saturated rings. The Morgan fingerprint density at radius 3 is 2.15 bits per heavy atom. The second-order valence-corrected chi connectivity index (χ2v) is 6.38. The third kappa shape index (κ3) is 3.72. The maximum absolute atomic E-state index is 12.5. The van der Waals surface area contributed by atoms with Crippen molar-refractivity contribution >= 4 is 23.1 Å². The van der Waals surface area contributed by atoms with Gasteiger partial charge in [0.15, 0.2) is 0 Å². The topological polar surface area (TPSA) is 66.9 Å². The number of aromatic nitrogens is 2. The molecule has 0 spiro atoms. The summed E-state index contributed by atoms with van der Waals surface area (Å²) in [5.74, 6) is 0.329. The number of benzene rings is 2. The summed E-state index contributed by atoms with van der Waals surface area (Å²) >= 11 is 0. The molecule has 3 rings (SSSR count). The molecule has 1 aromatic heterocycles. The van der Waals surface area contributed by atoms with Crippen LogP contribution in [0.5, 0.6) is 0 Å². The Kier molecular flexibility index (Phi) is 4.98. The lowest BCUT2D eigenvalue weighted by Gasteiger charge is -2.12. The van der Waals surface area contributed by atoms with Gasteiger partial charge in [-0.2, -0.15) is 0 Å². The van der Waals surface area contributed by atoms with Gasteiger partial charge in [-0.05, 0) is 56.0 Å². The standard InChI is InChI=1S/C21H22N4O/c1-13-7-6-10-17(16(13)4)24-19-12-22-18(11-23-19)21(26)25-20-14(2)8-5-9-15(20)3/h5-12H,1-4H3,(H,23,24)(H,25,26). The van der Waals surface area contributed by atoms with Crippen molar-refractivity contribution in [1.82, 2.24) is 9.97 Å². The van der Waals surface area contributed by atoms with Gasteiger partial charge in [0.25, 0.3) is 5.91 Å². The van der Waals surface area contributed by atoms with E-state index in [0.29, 0.717) is 5.82 Å². The Labute approximate surface area is 153 Å². The zero-order valence-corrected chi connectivity index (χ0v) is 15.4. The molecule has 0 radical (unpaired) electrons. The summed E-state index contributed by atoms with van der Waals surface area (Å²) in [5, 5.41) is 6.16. The van der Waals surface area contributed by atoms with E-state index in [1.165, 1.54) is 11.8 Å². The highest BCUT2D eigenvalue weighted by Crippen LogP contribution is 2.22. The van der Waals surface area contributed by atoms with Crippen LogP contribution in [0.3, 0.4) is 0 Å². The number of hydrogen-bond donors (Lipinski definition) is 2. The molecule has 5 nitrogen and oxygen atoms in total. The summed E-state index contributed by atoms with van der Waals surface area (Å²) < 4.78 is 0. The maximum Gasteiger partial charge on any atom is 0.275 e. The third-order valence-corrected chi connectivity index (χ3v) is 4.47. The molecule has 0 unspecified atom stereocenters. The molecular weight excluding hydrogens is 324 g/mol. The second kappa shape index (κ2) is 7.35. The predicted molar refractivity (Wildman–Crippen MR) is 105 cm³/mol. The van der Waals surface area contributed by atoms with Gasteiger partial charge in [0.05, 0.1) is 12.4 Å². The average molecular weight is 346 g/mol. The fraction of sp³-hybridized carbons (Fsp3) is 0.190. The van der Waals surface area contributed by atoms with Crippen LogP contribution in [-0.2, 0) is 0 Å². The van der Waals surface area contributed by atoms with Crippen molar-refractivity contribution in [3.8, 4) is 0 Å². The molecule has 26 heavy (non-hydrogen) atoms. The highest BCUT2D eigenvalue weighted by Gasteiger charge is 2.12. The highest BCUT2D eigenvalue weighted by molar-refractivity contribution is 6.03. The van der Waals surface area contributed by atoms with Crippen LogP contribution in [-0.4, -0.2) is 15.9 Å². The molecule has 0 saturated carbocycles. The fourth-order valence-corrected chi connectivity index (χ4v) is 2.72. The first kappa shape index (κ1) is 17.6. The number of carbonyl (C=O) groups excluding carboxylic acids is 1. The number of hydrogen-bond acceptors (Lipinski definition) is 4. The number of rotatable bonds is 4. The molecule has 0 aliphatic rings. The summed E-state index contributed by atoms with van der Waals surface area (Å²) in [6.07, 6.45) is 3.05. The van der Waals surface area contributed by atoms with E-state index in [-0.39, 0.29) is 11.6 Å². The van der Waals surface area contributed by atoms with Gasteiger partial charge in [-0.25, -0.2) is 9.97 Å². The van der Waals surface area contributed by atoms with E-state index in [4.69, 9.17) is 0 Å². The minimum absolute atomic E-state index is 0.270. The van der Waals surface area contributed by atoms with Crippen molar-refractivity contribution < 1.29 is 4.79 Å². The number of anilines is 3. The van der Waals surface area contributed by atoms with Crippen LogP contribution in [0.2, 0.25) is 0 Å². The quantitative estimate of drug-likeness (QED) is 0.718. The minimum atomic E-state index is -0.270.